The molecule has 1 atom stereocenters. The lowest BCUT2D eigenvalue weighted by Gasteiger charge is -2.20. The van der Waals surface area contributed by atoms with Crippen molar-refractivity contribution >= 4 is 5.91 Å². The summed E-state index contributed by atoms with van der Waals surface area (Å²) < 4.78 is 35.5. The van der Waals surface area contributed by atoms with Crippen LogP contribution < -0.4 is 10.6 Å². The van der Waals surface area contributed by atoms with Crippen LogP contribution in [-0.4, -0.2) is 31.2 Å². The van der Waals surface area contributed by atoms with E-state index in [-0.39, 0.29) is 18.5 Å². The monoisotopic (exact) mass is 252 g/mol. The molecular formula is C11H19F3N2O. The van der Waals surface area contributed by atoms with Crippen LogP contribution in [0.25, 0.3) is 0 Å². The summed E-state index contributed by atoms with van der Waals surface area (Å²) in [6.07, 6.45) is 0.278. The van der Waals surface area contributed by atoms with Gasteiger partial charge in [0.05, 0.1) is 13.1 Å². The molecule has 1 aliphatic rings. The third-order valence-electron chi connectivity index (χ3n) is 3.11. The summed E-state index contributed by atoms with van der Waals surface area (Å²) in [5, 5.41) is 4.82. The lowest BCUT2D eigenvalue weighted by molar-refractivity contribution is -0.128. The van der Waals surface area contributed by atoms with Crippen molar-refractivity contribution in [1.82, 2.24) is 10.6 Å². The quantitative estimate of drug-likeness (QED) is 0.783. The highest BCUT2D eigenvalue weighted by molar-refractivity contribution is 5.78. The van der Waals surface area contributed by atoms with Crippen molar-refractivity contribution in [2.24, 2.45) is 5.92 Å². The molecule has 0 unspecified atom stereocenters. The fraction of sp³-hybridized carbons (Fsp3) is 0.909. The Balaban J connectivity index is 2.15. The van der Waals surface area contributed by atoms with Crippen LogP contribution >= 0.6 is 0 Å². The van der Waals surface area contributed by atoms with E-state index in [1.54, 1.807) is 0 Å². The van der Waals surface area contributed by atoms with Crippen molar-refractivity contribution in [2.75, 3.05) is 13.1 Å². The van der Waals surface area contributed by atoms with Gasteiger partial charge in [0, 0.05) is 6.04 Å². The Kier molecular flexibility index (Phi) is 5.24. The molecule has 1 fully saturated rings. The molecule has 1 rings (SSSR count). The van der Waals surface area contributed by atoms with E-state index >= 15 is 0 Å². The highest BCUT2D eigenvalue weighted by atomic mass is 19.4. The summed E-state index contributed by atoms with van der Waals surface area (Å²) >= 11 is 0. The van der Waals surface area contributed by atoms with Gasteiger partial charge in [0.25, 0.3) is 0 Å². The van der Waals surface area contributed by atoms with Gasteiger partial charge in [0.1, 0.15) is 0 Å². The summed E-state index contributed by atoms with van der Waals surface area (Å²) in [7, 11) is 0. The molecule has 1 amide bonds. The zero-order chi connectivity index (χ0) is 12.9. The van der Waals surface area contributed by atoms with Crippen LogP contribution in [0.3, 0.4) is 0 Å². The maximum Gasteiger partial charge on any atom is 0.401 e. The summed E-state index contributed by atoms with van der Waals surface area (Å²) in [4.78, 5) is 11.4. The first-order chi connectivity index (χ1) is 7.88. The molecule has 0 aliphatic heterocycles. The lowest BCUT2D eigenvalue weighted by Crippen LogP contribution is -2.43. The van der Waals surface area contributed by atoms with E-state index in [0.29, 0.717) is 5.92 Å². The molecule has 0 aromatic carbocycles. The van der Waals surface area contributed by atoms with Crippen LogP contribution in [0.15, 0.2) is 0 Å². The molecular weight excluding hydrogens is 233 g/mol. The van der Waals surface area contributed by atoms with Crippen LogP contribution in [0.4, 0.5) is 13.2 Å². The van der Waals surface area contributed by atoms with E-state index in [1.807, 2.05) is 6.92 Å². The zero-order valence-corrected chi connectivity index (χ0v) is 9.94. The third kappa shape index (κ3) is 5.91. The van der Waals surface area contributed by atoms with Gasteiger partial charge in [-0.25, -0.2) is 0 Å². The van der Waals surface area contributed by atoms with Crippen LogP contribution in [0.2, 0.25) is 0 Å². The Morgan fingerprint density at radius 2 is 1.94 bits per heavy atom. The van der Waals surface area contributed by atoms with Crippen molar-refractivity contribution in [3.8, 4) is 0 Å². The van der Waals surface area contributed by atoms with Crippen molar-refractivity contribution in [3.63, 3.8) is 0 Å². The van der Waals surface area contributed by atoms with Crippen molar-refractivity contribution in [2.45, 2.75) is 44.8 Å². The molecule has 1 aliphatic carbocycles. The minimum atomic E-state index is -4.27. The summed E-state index contributed by atoms with van der Waals surface area (Å²) in [5.74, 6) is 0.107. The minimum absolute atomic E-state index is 0.0534. The number of carbonyl (C=O) groups excluding carboxylic acids is 1. The van der Waals surface area contributed by atoms with Crippen LogP contribution in [0.5, 0.6) is 0 Å². The molecule has 0 aromatic heterocycles. The van der Waals surface area contributed by atoms with Gasteiger partial charge in [0.15, 0.2) is 0 Å². The van der Waals surface area contributed by atoms with Gasteiger partial charge in [0.2, 0.25) is 5.91 Å². The molecule has 0 heterocycles. The topological polar surface area (TPSA) is 41.1 Å². The predicted molar refractivity (Wildman–Crippen MR) is 58.5 cm³/mol. The van der Waals surface area contributed by atoms with Gasteiger partial charge >= 0.3 is 6.18 Å². The molecule has 6 heteroatoms. The van der Waals surface area contributed by atoms with Gasteiger partial charge in [-0.2, -0.15) is 13.2 Å². The van der Waals surface area contributed by atoms with Gasteiger partial charge < -0.3 is 10.6 Å². The van der Waals surface area contributed by atoms with Crippen LogP contribution in [0, 0.1) is 5.92 Å². The molecule has 0 spiro atoms. The zero-order valence-electron chi connectivity index (χ0n) is 9.94. The molecule has 100 valence electrons. The van der Waals surface area contributed by atoms with Gasteiger partial charge in [-0.15, -0.1) is 0 Å². The summed E-state index contributed by atoms with van der Waals surface area (Å²) in [6.45, 7) is 0.506. The Morgan fingerprint density at radius 3 is 2.47 bits per heavy atom. The molecule has 0 aromatic rings. The standard InChI is InChI=1S/C11H19F3N2O/c1-8(9-4-2-3-5-9)16-10(17)6-15-7-11(12,13)14/h8-9,15H,2-7H2,1H3,(H,16,17)/t8-/m1/s1. The number of carbonyl (C=O) groups is 1. The second-order valence-corrected chi connectivity index (χ2v) is 4.62. The summed E-state index contributed by atoms with van der Waals surface area (Å²) in [5.41, 5.74) is 0. The van der Waals surface area contributed by atoms with Crippen molar-refractivity contribution < 1.29 is 18.0 Å². The molecule has 3 nitrogen and oxygen atoms in total. The fourth-order valence-corrected chi connectivity index (χ4v) is 2.20. The smallest absolute Gasteiger partial charge is 0.352 e. The summed E-state index contributed by atoms with van der Waals surface area (Å²) in [6, 6.07) is 0.0534. The van der Waals surface area contributed by atoms with E-state index in [9.17, 15) is 18.0 Å². The molecule has 2 N–H and O–H groups in total. The van der Waals surface area contributed by atoms with Gasteiger partial charge in [-0.1, -0.05) is 12.8 Å². The van der Waals surface area contributed by atoms with Crippen LogP contribution in [-0.2, 0) is 4.79 Å². The first-order valence-corrected chi connectivity index (χ1v) is 5.95. The predicted octanol–water partition coefficient (Wildman–Crippen LogP) is 1.83. The number of rotatable bonds is 5. The molecule has 17 heavy (non-hydrogen) atoms. The second kappa shape index (κ2) is 6.23. The maximum atomic E-state index is 11.8. The number of amides is 1. The van der Waals surface area contributed by atoms with Crippen molar-refractivity contribution in [3.05, 3.63) is 0 Å². The van der Waals surface area contributed by atoms with Gasteiger partial charge in [-0.3, -0.25) is 4.79 Å². The first kappa shape index (κ1) is 14.3. The van der Waals surface area contributed by atoms with Gasteiger partial charge in [-0.05, 0) is 25.7 Å². The normalized spacial score (nSPS) is 19.3. The van der Waals surface area contributed by atoms with E-state index in [1.165, 1.54) is 12.8 Å². The Hall–Kier alpha value is -0.780. The average Bonchev–Trinajstić information content (AvgIpc) is 2.67. The number of alkyl halides is 3. The Morgan fingerprint density at radius 1 is 1.35 bits per heavy atom. The SMILES string of the molecule is C[C@@H](NC(=O)CNCC(F)(F)F)C1CCCC1. The first-order valence-electron chi connectivity index (χ1n) is 5.95. The maximum absolute atomic E-state index is 11.8. The van der Waals surface area contributed by atoms with Crippen molar-refractivity contribution in [1.29, 1.82) is 0 Å². The highest BCUT2D eigenvalue weighted by Gasteiger charge is 2.27. The number of hydrogen-bond acceptors (Lipinski definition) is 2. The lowest BCUT2D eigenvalue weighted by atomic mass is 10.00. The number of hydrogen-bond donors (Lipinski definition) is 2. The largest absolute Gasteiger partial charge is 0.401 e. The fourth-order valence-electron chi connectivity index (χ4n) is 2.20. The van der Waals surface area contributed by atoms with E-state index in [4.69, 9.17) is 0 Å². The van der Waals surface area contributed by atoms with E-state index < -0.39 is 12.7 Å². The van der Waals surface area contributed by atoms with E-state index in [0.717, 1.165) is 12.8 Å². The molecule has 0 saturated heterocycles. The number of nitrogens with one attached hydrogen (secondary N) is 2. The third-order valence-corrected chi connectivity index (χ3v) is 3.11. The minimum Gasteiger partial charge on any atom is -0.352 e. The molecule has 0 bridgehead atoms. The average molecular weight is 252 g/mol. The Bertz CT molecular complexity index is 250. The molecule has 0 radical (unpaired) electrons. The molecule has 1 saturated carbocycles. The van der Waals surface area contributed by atoms with E-state index in [2.05, 4.69) is 10.6 Å². The second-order valence-electron chi connectivity index (χ2n) is 4.62. The Labute approximate surface area is 99.1 Å². The van der Waals surface area contributed by atoms with Crippen LogP contribution in [0.1, 0.15) is 32.6 Å². The number of halogens is 3. The highest BCUT2D eigenvalue weighted by Crippen LogP contribution is 2.27.